The van der Waals surface area contributed by atoms with Gasteiger partial charge < -0.3 is 0 Å². The minimum absolute atomic E-state index is 0.0548. The Hall–Kier alpha value is -1.90. The number of nitro benzene ring substituents is 1. The molecule has 0 aliphatic rings. The number of nitrogens with one attached hydrogen (secondary N) is 1. The van der Waals surface area contributed by atoms with Gasteiger partial charge in [-0.25, -0.2) is 0 Å². The summed E-state index contributed by atoms with van der Waals surface area (Å²) in [5, 5.41) is 22.6. The first-order valence-electron chi connectivity index (χ1n) is 4.78. The Labute approximate surface area is 103 Å². The summed E-state index contributed by atoms with van der Waals surface area (Å²) in [4.78, 5) is 10.1. The van der Waals surface area contributed by atoms with Crippen LogP contribution in [0.1, 0.15) is 11.6 Å². The smallest absolute Gasteiger partial charge is 0.288 e. The zero-order chi connectivity index (χ0) is 12.8. The maximum Gasteiger partial charge on any atom is 0.288 e. The van der Waals surface area contributed by atoms with Crippen LogP contribution >= 0.6 is 11.6 Å². The summed E-state index contributed by atoms with van der Waals surface area (Å²) in [5.41, 5.74) is 0.301. The normalized spacial score (nSPS) is 11.5. The molecule has 0 radical (unpaired) electrons. The molecular formula is C11H10ClN3O2. The SMILES string of the molecule is C=CCNC(C#N)c1ccc(Cl)c([N+](=O)[O-])c1. The number of benzene rings is 1. The van der Waals surface area contributed by atoms with Crippen LogP contribution in [0.2, 0.25) is 5.02 Å². The fourth-order valence-electron chi connectivity index (χ4n) is 1.29. The van der Waals surface area contributed by atoms with Crippen molar-refractivity contribution in [2.24, 2.45) is 0 Å². The Balaban J connectivity index is 3.05. The lowest BCUT2D eigenvalue weighted by molar-refractivity contribution is -0.384. The van der Waals surface area contributed by atoms with Crippen molar-refractivity contribution in [3.8, 4) is 6.07 Å². The van der Waals surface area contributed by atoms with Gasteiger partial charge >= 0.3 is 0 Å². The van der Waals surface area contributed by atoms with E-state index in [4.69, 9.17) is 16.9 Å². The minimum atomic E-state index is -0.621. The average Bonchev–Trinajstić information content (AvgIpc) is 2.31. The van der Waals surface area contributed by atoms with E-state index in [-0.39, 0.29) is 10.7 Å². The van der Waals surface area contributed by atoms with E-state index in [1.807, 2.05) is 6.07 Å². The van der Waals surface area contributed by atoms with Gasteiger partial charge in [0.1, 0.15) is 11.1 Å². The molecule has 1 aromatic rings. The Morgan fingerprint density at radius 3 is 2.94 bits per heavy atom. The summed E-state index contributed by atoms with van der Waals surface area (Å²) in [6.07, 6.45) is 1.61. The zero-order valence-corrected chi connectivity index (χ0v) is 9.65. The van der Waals surface area contributed by atoms with Gasteiger partial charge in [0.05, 0.1) is 11.0 Å². The van der Waals surface area contributed by atoms with Crippen molar-refractivity contribution < 1.29 is 4.92 Å². The van der Waals surface area contributed by atoms with E-state index in [2.05, 4.69) is 11.9 Å². The lowest BCUT2D eigenvalue weighted by Crippen LogP contribution is -2.19. The van der Waals surface area contributed by atoms with Crippen LogP contribution in [0.15, 0.2) is 30.9 Å². The minimum Gasteiger partial charge on any atom is -0.295 e. The number of hydrogen-bond donors (Lipinski definition) is 1. The molecule has 1 N–H and O–H groups in total. The Morgan fingerprint density at radius 2 is 2.41 bits per heavy atom. The quantitative estimate of drug-likeness (QED) is 0.496. The molecule has 88 valence electrons. The summed E-state index contributed by atoms with van der Waals surface area (Å²) in [5.74, 6) is 0. The van der Waals surface area contributed by atoms with Crippen LogP contribution in [0.4, 0.5) is 5.69 Å². The standard InChI is InChI=1S/C11H10ClN3O2/c1-2-5-14-10(7-13)8-3-4-9(12)11(6-8)15(16)17/h2-4,6,10,14H,1,5H2. The molecule has 1 rings (SSSR count). The second kappa shape index (κ2) is 5.99. The van der Waals surface area contributed by atoms with Crippen LogP contribution in [0.25, 0.3) is 0 Å². The second-order valence-electron chi connectivity index (χ2n) is 3.23. The number of hydrogen-bond acceptors (Lipinski definition) is 4. The Kier molecular flexibility index (Phi) is 4.64. The maximum atomic E-state index is 10.7. The number of nitriles is 1. The lowest BCUT2D eigenvalue weighted by Gasteiger charge is -2.10. The fraction of sp³-hybridized carbons (Fsp3) is 0.182. The fourth-order valence-corrected chi connectivity index (χ4v) is 1.47. The van der Waals surface area contributed by atoms with Crippen molar-refractivity contribution in [1.29, 1.82) is 5.26 Å². The first kappa shape index (κ1) is 13.2. The van der Waals surface area contributed by atoms with E-state index >= 15 is 0 Å². The van der Waals surface area contributed by atoms with Gasteiger partial charge in [0.25, 0.3) is 5.69 Å². The Morgan fingerprint density at radius 1 is 1.71 bits per heavy atom. The molecule has 1 unspecified atom stereocenters. The van der Waals surface area contributed by atoms with Crippen molar-refractivity contribution in [2.45, 2.75) is 6.04 Å². The molecule has 0 amide bonds. The predicted molar refractivity (Wildman–Crippen MR) is 64.7 cm³/mol. The predicted octanol–water partition coefficient (Wildman–Crippen LogP) is 2.59. The van der Waals surface area contributed by atoms with Crippen molar-refractivity contribution in [1.82, 2.24) is 5.32 Å². The van der Waals surface area contributed by atoms with Crippen molar-refractivity contribution in [3.63, 3.8) is 0 Å². The van der Waals surface area contributed by atoms with Crippen molar-refractivity contribution in [2.75, 3.05) is 6.54 Å². The zero-order valence-electron chi connectivity index (χ0n) is 8.89. The molecule has 17 heavy (non-hydrogen) atoms. The molecule has 0 saturated carbocycles. The molecule has 0 fully saturated rings. The highest BCUT2D eigenvalue weighted by Gasteiger charge is 2.17. The summed E-state index contributed by atoms with van der Waals surface area (Å²) in [6, 6.07) is 5.69. The molecule has 0 aliphatic carbocycles. The van der Waals surface area contributed by atoms with E-state index in [1.165, 1.54) is 12.1 Å². The van der Waals surface area contributed by atoms with Crippen LogP contribution in [-0.2, 0) is 0 Å². The average molecular weight is 252 g/mol. The van der Waals surface area contributed by atoms with Crippen molar-refractivity contribution in [3.05, 3.63) is 51.6 Å². The molecule has 0 aromatic heterocycles. The van der Waals surface area contributed by atoms with Gasteiger partial charge in [-0.15, -0.1) is 6.58 Å². The monoisotopic (exact) mass is 251 g/mol. The van der Waals surface area contributed by atoms with Crippen LogP contribution in [0, 0.1) is 21.4 Å². The van der Waals surface area contributed by atoms with Gasteiger partial charge in [-0.2, -0.15) is 5.26 Å². The molecule has 1 aromatic carbocycles. The molecule has 0 saturated heterocycles. The molecule has 0 aliphatic heterocycles. The van der Waals surface area contributed by atoms with Crippen molar-refractivity contribution >= 4 is 17.3 Å². The van der Waals surface area contributed by atoms with Gasteiger partial charge in [-0.1, -0.05) is 23.7 Å². The highest BCUT2D eigenvalue weighted by molar-refractivity contribution is 6.32. The summed E-state index contributed by atoms with van der Waals surface area (Å²) < 4.78 is 0. The van der Waals surface area contributed by atoms with Crippen LogP contribution in [-0.4, -0.2) is 11.5 Å². The van der Waals surface area contributed by atoms with Gasteiger partial charge in [-0.05, 0) is 11.6 Å². The summed E-state index contributed by atoms with van der Waals surface area (Å²) >= 11 is 5.68. The van der Waals surface area contributed by atoms with E-state index in [0.717, 1.165) is 0 Å². The summed E-state index contributed by atoms with van der Waals surface area (Å²) in [6.45, 7) is 3.96. The lowest BCUT2D eigenvalue weighted by atomic mass is 10.1. The van der Waals surface area contributed by atoms with E-state index in [9.17, 15) is 10.1 Å². The van der Waals surface area contributed by atoms with E-state index in [0.29, 0.717) is 12.1 Å². The third-order valence-electron chi connectivity index (χ3n) is 2.10. The molecular weight excluding hydrogens is 242 g/mol. The molecule has 5 nitrogen and oxygen atoms in total. The third-order valence-corrected chi connectivity index (χ3v) is 2.42. The first-order chi connectivity index (χ1) is 8.10. The van der Waals surface area contributed by atoms with Crippen LogP contribution in [0.3, 0.4) is 0 Å². The van der Waals surface area contributed by atoms with Gasteiger partial charge in [0, 0.05) is 12.6 Å². The topological polar surface area (TPSA) is 79.0 Å². The highest BCUT2D eigenvalue weighted by Crippen LogP contribution is 2.27. The van der Waals surface area contributed by atoms with Gasteiger partial charge in [0.2, 0.25) is 0 Å². The van der Waals surface area contributed by atoms with Gasteiger partial charge in [-0.3, -0.25) is 15.4 Å². The summed E-state index contributed by atoms with van der Waals surface area (Å²) in [7, 11) is 0. The number of halogens is 1. The number of nitrogens with zero attached hydrogens (tertiary/aromatic N) is 2. The van der Waals surface area contributed by atoms with Gasteiger partial charge in [0.15, 0.2) is 0 Å². The molecule has 0 spiro atoms. The Bertz CT molecular complexity index is 482. The molecule has 1 atom stereocenters. The maximum absolute atomic E-state index is 10.7. The molecule has 0 heterocycles. The number of rotatable bonds is 5. The number of nitro groups is 1. The molecule has 6 heteroatoms. The molecule has 0 bridgehead atoms. The third kappa shape index (κ3) is 3.28. The van der Waals surface area contributed by atoms with E-state index < -0.39 is 11.0 Å². The highest BCUT2D eigenvalue weighted by atomic mass is 35.5. The van der Waals surface area contributed by atoms with Crippen LogP contribution in [0.5, 0.6) is 0 Å². The first-order valence-corrected chi connectivity index (χ1v) is 5.15. The van der Waals surface area contributed by atoms with E-state index in [1.54, 1.807) is 12.1 Å². The largest absolute Gasteiger partial charge is 0.295 e. The second-order valence-corrected chi connectivity index (χ2v) is 3.63. The van der Waals surface area contributed by atoms with Crippen LogP contribution < -0.4 is 5.32 Å².